The summed E-state index contributed by atoms with van der Waals surface area (Å²) < 4.78 is 6.11. The van der Waals surface area contributed by atoms with Crippen LogP contribution in [0, 0.1) is 0 Å². The zero-order valence-electron chi connectivity index (χ0n) is 10.2. The molecule has 1 aromatic rings. The monoisotopic (exact) mass is 313 g/mol. The van der Waals surface area contributed by atoms with Crippen LogP contribution in [0.3, 0.4) is 0 Å². The molecule has 98 valence electrons. The number of amides is 1. The van der Waals surface area contributed by atoms with Gasteiger partial charge in [0.2, 0.25) is 0 Å². The van der Waals surface area contributed by atoms with Crippen molar-refractivity contribution in [3.63, 3.8) is 0 Å². The molecular formula is C13H16BrNO3. The minimum Gasteiger partial charge on any atom is -0.496 e. The molecule has 0 aliphatic carbocycles. The molecule has 1 fully saturated rings. The largest absolute Gasteiger partial charge is 0.496 e. The summed E-state index contributed by atoms with van der Waals surface area (Å²) in [5.41, 5.74) is 0.567. The average Bonchev–Trinajstić information content (AvgIpc) is 2.38. The minimum absolute atomic E-state index is 0.0359. The minimum atomic E-state index is -0.277. The Morgan fingerprint density at radius 3 is 2.72 bits per heavy atom. The zero-order valence-corrected chi connectivity index (χ0v) is 11.8. The Labute approximate surface area is 115 Å². The molecule has 1 saturated heterocycles. The Kier molecular flexibility index (Phi) is 4.24. The normalized spacial score (nSPS) is 16.7. The summed E-state index contributed by atoms with van der Waals surface area (Å²) in [6, 6.07) is 5.37. The van der Waals surface area contributed by atoms with Gasteiger partial charge in [0.25, 0.3) is 5.91 Å². The predicted molar refractivity (Wildman–Crippen MR) is 71.8 cm³/mol. The molecule has 18 heavy (non-hydrogen) atoms. The molecule has 5 heteroatoms. The maximum absolute atomic E-state index is 12.3. The van der Waals surface area contributed by atoms with Crippen molar-refractivity contribution in [3.8, 4) is 5.75 Å². The fourth-order valence-corrected chi connectivity index (χ4v) is 2.42. The number of ether oxygens (including phenoxy) is 1. The number of aliphatic hydroxyl groups is 1. The molecule has 0 bridgehead atoms. The van der Waals surface area contributed by atoms with E-state index in [0.717, 1.165) is 4.47 Å². The second kappa shape index (κ2) is 5.71. The van der Waals surface area contributed by atoms with Crippen LogP contribution >= 0.6 is 15.9 Å². The highest BCUT2D eigenvalue weighted by Crippen LogP contribution is 2.25. The molecule has 0 saturated carbocycles. The third-order valence-electron chi connectivity index (χ3n) is 3.15. The van der Waals surface area contributed by atoms with Crippen molar-refractivity contribution in [1.82, 2.24) is 4.90 Å². The lowest BCUT2D eigenvalue weighted by Gasteiger charge is -2.30. The standard InChI is InChI=1S/C13H16BrNO3/c1-18-12-8-9(14)2-3-11(12)13(17)15-6-4-10(16)5-7-15/h2-3,8,10,16H,4-7H2,1H3. The molecule has 0 aromatic heterocycles. The van der Waals surface area contributed by atoms with Gasteiger partial charge in [-0.15, -0.1) is 0 Å². The van der Waals surface area contributed by atoms with Gasteiger partial charge < -0.3 is 14.7 Å². The van der Waals surface area contributed by atoms with Crippen LogP contribution in [-0.2, 0) is 0 Å². The van der Waals surface area contributed by atoms with Crippen LogP contribution in [0.4, 0.5) is 0 Å². The maximum atomic E-state index is 12.3. The van der Waals surface area contributed by atoms with Crippen LogP contribution in [0.25, 0.3) is 0 Å². The van der Waals surface area contributed by atoms with E-state index in [4.69, 9.17) is 4.74 Å². The van der Waals surface area contributed by atoms with Gasteiger partial charge in [-0.3, -0.25) is 4.79 Å². The quantitative estimate of drug-likeness (QED) is 0.909. The molecule has 1 aliphatic heterocycles. The molecule has 1 aliphatic rings. The lowest BCUT2D eigenvalue weighted by molar-refractivity contribution is 0.0544. The summed E-state index contributed by atoms with van der Waals surface area (Å²) in [5, 5.41) is 9.45. The molecular weight excluding hydrogens is 298 g/mol. The lowest BCUT2D eigenvalue weighted by Crippen LogP contribution is -2.40. The second-order valence-electron chi connectivity index (χ2n) is 4.37. The molecule has 0 atom stereocenters. The van der Waals surface area contributed by atoms with E-state index < -0.39 is 0 Å². The van der Waals surface area contributed by atoms with E-state index in [2.05, 4.69) is 15.9 Å². The molecule has 2 rings (SSSR count). The smallest absolute Gasteiger partial charge is 0.257 e. The number of hydrogen-bond donors (Lipinski definition) is 1. The first-order chi connectivity index (χ1) is 8.61. The van der Waals surface area contributed by atoms with Gasteiger partial charge in [-0.1, -0.05) is 15.9 Å². The summed E-state index contributed by atoms with van der Waals surface area (Å²) in [5.74, 6) is 0.534. The van der Waals surface area contributed by atoms with E-state index >= 15 is 0 Å². The Balaban J connectivity index is 2.18. The predicted octanol–water partition coefficient (Wildman–Crippen LogP) is 2.05. The SMILES string of the molecule is COc1cc(Br)ccc1C(=O)N1CCC(O)CC1. The van der Waals surface area contributed by atoms with Crippen molar-refractivity contribution in [3.05, 3.63) is 28.2 Å². The van der Waals surface area contributed by atoms with E-state index in [1.807, 2.05) is 6.07 Å². The summed E-state index contributed by atoms with van der Waals surface area (Å²) >= 11 is 3.35. The lowest BCUT2D eigenvalue weighted by atomic mass is 10.1. The summed E-state index contributed by atoms with van der Waals surface area (Å²) in [6.45, 7) is 1.19. The number of nitrogens with zero attached hydrogens (tertiary/aromatic N) is 1. The molecule has 0 radical (unpaired) electrons. The van der Waals surface area contributed by atoms with Crippen LogP contribution in [0.2, 0.25) is 0 Å². The number of methoxy groups -OCH3 is 1. The van der Waals surface area contributed by atoms with Crippen LogP contribution in [-0.4, -0.2) is 42.2 Å². The van der Waals surface area contributed by atoms with Gasteiger partial charge in [0, 0.05) is 17.6 Å². The summed E-state index contributed by atoms with van der Waals surface area (Å²) in [4.78, 5) is 14.1. The van der Waals surface area contributed by atoms with E-state index in [1.165, 1.54) is 0 Å². The van der Waals surface area contributed by atoms with Crippen molar-refractivity contribution in [2.75, 3.05) is 20.2 Å². The van der Waals surface area contributed by atoms with Gasteiger partial charge in [0.05, 0.1) is 18.8 Å². The van der Waals surface area contributed by atoms with Gasteiger partial charge in [-0.2, -0.15) is 0 Å². The molecule has 1 heterocycles. The number of halogens is 1. The first-order valence-electron chi connectivity index (χ1n) is 5.92. The van der Waals surface area contributed by atoms with Crippen LogP contribution in [0.15, 0.2) is 22.7 Å². The maximum Gasteiger partial charge on any atom is 0.257 e. The number of carbonyl (C=O) groups excluding carboxylic acids is 1. The first kappa shape index (κ1) is 13.4. The van der Waals surface area contributed by atoms with E-state index in [-0.39, 0.29) is 12.0 Å². The highest BCUT2D eigenvalue weighted by atomic mass is 79.9. The topological polar surface area (TPSA) is 49.8 Å². The number of aliphatic hydroxyl groups excluding tert-OH is 1. The molecule has 0 unspecified atom stereocenters. The summed E-state index contributed by atoms with van der Waals surface area (Å²) in [6.07, 6.45) is 1.01. The molecule has 0 spiro atoms. The van der Waals surface area contributed by atoms with Gasteiger partial charge in [0.1, 0.15) is 5.75 Å². The van der Waals surface area contributed by atoms with E-state index in [0.29, 0.717) is 37.2 Å². The number of benzene rings is 1. The first-order valence-corrected chi connectivity index (χ1v) is 6.72. The number of carbonyl (C=O) groups is 1. The van der Waals surface area contributed by atoms with Gasteiger partial charge >= 0.3 is 0 Å². The molecule has 1 amide bonds. The molecule has 4 nitrogen and oxygen atoms in total. The Morgan fingerprint density at radius 2 is 2.11 bits per heavy atom. The van der Waals surface area contributed by atoms with Gasteiger partial charge in [-0.25, -0.2) is 0 Å². The third kappa shape index (κ3) is 2.84. The number of piperidine rings is 1. The Bertz CT molecular complexity index is 442. The van der Waals surface area contributed by atoms with E-state index in [9.17, 15) is 9.90 Å². The van der Waals surface area contributed by atoms with Crippen molar-refractivity contribution in [2.45, 2.75) is 18.9 Å². The van der Waals surface area contributed by atoms with Crippen molar-refractivity contribution in [2.24, 2.45) is 0 Å². The molecule has 1 aromatic carbocycles. The zero-order chi connectivity index (χ0) is 13.1. The van der Waals surface area contributed by atoms with Gasteiger partial charge in [-0.05, 0) is 31.0 Å². The number of rotatable bonds is 2. The Hall–Kier alpha value is -1.07. The highest BCUT2D eigenvalue weighted by Gasteiger charge is 2.24. The fourth-order valence-electron chi connectivity index (χ4n) is 2.08. The van der Waals surface area contributed by atoms with Crippen LogP contribution in [0.1, 0.15) is 23.2 Å². The van der Waals surface area contributed by atoms with E-state index in [1.54, 1.807) is 24.1 Å². The molecule has 1 N–H and O–H groups in total. The third-order valence-corrected chi connectivity index (χ3v) is 3.64. The number of hydrogen-bond acceptors (Lipinski definition) is 3. The fraction of sp³-hybridized carbons (Fsp3) is 0.462. The van der Waals surface area contributed by atoms with Crippen LogP contribution < -0.4 is 4.74 Å². The second-order valence-corrected chi connectivity index (χ2v) is 5.28. The average molecular weight is 314 g/mol. The number of likely N-dealkylation sites (tertiary alicyclic amines) is 1. The van der Waals surface area contributed by atoms with Crippen molar-refractivity contribution in [1.29, 1.82) is 0 Å². The summed E-state index contributed by atoms with van der Waals surface area (Å²) in [7, 11) is 1.55. The highest BCUT2D eigenvalue weighted by molar-refractivity contribution is 9.10. The van der Waals surface area contributed by atoms with Crippen LogP contribution in [0.5, 0.6) is 5.75 Å². The van der Waals surface area contributed by atoms with Crippen molar-refractivity contribution >= 4 is 21.8 Å². The van der Waals surface area contributed by atoms with Crippen molar-refractivity contribution < 1.29 is 14.6 Å². The van der Waals surface area contributed by atoms with Gasteiger partial charge in [0.15, 0.2) is 0 Å². The Morgan fingerprint density at radius 1 is 1.44 bits per heavy atom.